The highest BCUT2D eigenvalue weighted by Gasteiger charge is 2.26. The van der Waals surface area contributed by atoms with E-state index in [0.29, 0.717) is 0 Å². The maximum absolute atomic E-state index is 2.50. The molecule has 0 saturated heterocycles. The fourth-order valence-corrected chi connectivity index (χ4v) is 5.28. The Hall–Kier alpha value is -2.34. The Labute approximate surface area is 201 Å². The summed E-state index contributed by atoms with van der Waals surface area (Å²) in [4.78, 5) is 0. The number of rotatable bonds is 1. The molecule has 0 heteroatoms. The van der Waals surface area contributed by atoms with Gasteiger partial charge in [-0.25, -0.2) is 0 Å². The molecule has 33 heavy (non-hydrogen) atoms. The van der Waals surface area contributed by atoms with E-state index in [1.165, 1.54) is 59.8 Å². The van der Waals surface area contributed by atoms with Crippen LogP contribution in [0.1, 0.15) is 105 Å². The van der Waals surface area contributed by atoms with E-state index in [2.05, 4.69) is 119 Å². The molecule has 0 N–H and O–H groups in total. The van der Waals surface area contributed by atoms with E-state index in [1.54, 1.807) is 0 Å². The third-order valence-electron chi connectivity index (χ3n) is 7.24. The lowest BCUT2D eigenvalue weighted by Gasteiger charge is -2.24. The first kappa shape index (κ1) is 23.8. The molecular formula is C33H42. The summed E-state index contributed by atoms with van der Waals surface area (Å²) < 4.78 is 0. The van der Waals surface area contributed by atoms with Crippen molar-refractivity contribution in [2.45, 2.75) is 93.4 Å². The minimum Gasteiger partial charge on any atom is -0.0763 e. The highest BCUT2D eigenvalue weighted by atomic mass is 14.3. The standard InChI is InChI=1S/C33H42/c1-20(2)29-28(33(9,10)11)19-26-25-18-24(32(6,7)8)14-12-21(25)17-27(26)30(29)22-13-15-23(16-22)31(3,4)5/h12,14-19H,13H2,1-11H3. The summed E-state index contributed by atoms with van der Waals surface area (Å²) in [5, 5.41) is 5.61. The van der Waals surface area contributed by atoms with Crippen molar-refractivity contribution in [2.24, 2.45) is 5.41 Å². The predicted octanol–water partition coefficient (Wildman–Crippen LogP) is 7.66. The molecule has 0 atom stereocenters. The van der Waals surface area contributed by atoms with Gasteiger partial charge < -0.3 is 0 Å². The molecule has 0 aliphatic heterocycles. The zero-order valence-electron chi connectivity index (χ0n) is 22.7. The van der Waals surface area contributed by atoms with Gasteiger partial charge >= 0.3 is 0 Å². The van der Waals surface area contributed by atoms with E-state index in [-0.39, 0.29) is 16.2 Å². The van der Waals surface area contributed by atoms with Crippen LogP contribution in [0.3, 0.4) is 0 Å². The molecule has 0 aromatic heterocycles. The summed E-state index contributed by atoms with van der Waals surface area (Å²) in [6.07, 6.45) is 8.39. The number of allylic oxidation sites excluding steroid dienone is 4. The summed E-state index contributed by atoms with van der Waals surface area (Å²) in [7, 11) is 0. The van der Waals surface area contributed by atoms with Crippen LogP contribution in [0.4, 0.5) is 0 Å². The third kappa shape index (κ3) is 4.18. The molecule has 0 heterocycles. The monoisotopic (exact) mass is 438 g/mol. The molecule has 2 aliphatic carbocycles. The molecule has 0 unspecified atom stereocenters. The second kappa shape index (κ2) is 7.59. The van der Waals surface area contributed by atoms with Crippen LogP contribution in [0.5, 0.6) is 0 Å². The maximum atomic E-state index is 2.50. The van der Waals surface area contributed by atoms with Gasteiger partial charge in [0.2, 0.25) is 0 Å². The van der Waals surface area contributed by atoms with Crippen LogP contribution in [0.15, 0.2) is 42.0 Å². The van der Waals surface area contributed by atoms with E-state index >= 15 is 0 Å². The van der Waals surface area contributed by atoms with Crippen LogP contribution in [0.25, 0.3) is 17.2 Å². The second-order valence-electron chi connectivity index (χ2n) is 13.4. The van der Waals surface area contributed by atoms with Gasteiger partial charge in [0.15, 0.2) is 0 Å². The van der Waals surface area contributed by atoms with E-state index < -0.39 is 0 Å². The number of fused-ring (bicyclic) bond motifs is 2. The van der Waals surface area contributed by atoms with Gasteiger partial charge in [-0.05, 0) is 103 Å². The predicted molar refractivity (Wildman–Crippen MR) is 146 cm³/mol. The van der Waals surface area contributed by atoms with Crippen LogP contribution >= 0.6 is 0 Å². The quantitative estimate of drug-likeness (QED) is 0.366. The lowest BCUT2D eigenvalue weighted by atomic mass is 9.79. The molecule has 0 spiro atoms. The van der Waals surface area contributed by atoms with Crippen LogP contribution in [-0.4, -0.2) is 0 Å². The van der Waals surface area contributed by atoms with Gasteiger partial charge in [0.25, 0.3) is 0 Å². The average Bonchev–Trinajstić information content (AvgIpc) is 3.29. The van der Waals surface area contributed by atoms with E-state index in [4.69, 9.17) is 0 Å². The highest BCUT2D eigenvalue weighted by Crippen LogP contribution is 2.38. The van der Waals surface area contributed by atoms with Crippen molar-refractivity contribution in [3.8, 4) is 0 Å². The first-order chi connectivity index (χ1) is 15.1. The molecule has 4 rings (SSSR count). The Morgan fingerprint density at radius 2 is 1.39 bits per heavy atom. The van der Waals surface area contributed by atoms with Gasteiger partial charge in [-0.2, -0.15) is 0 Å². The van der Waals surface area contributed by atoms with Crippen LogP contribution in [0, 0.1) is 15.9 Å². The Morgan fingerprint density at radius 3 is 1.91 bits per heavy atom. The smallest absolute Gasteiger partial charge is 0.00673 e. The normalized spacial score (nSPS) is 15.6. The summed E-state index contributed by atoms with van der Waals surface area (Å²) in [6, 6.07) is 9.60. The lowest BCUT2D eigenvalue weighted by molar-refractivity contribution is 0.518. The topological polar surface area (TPSA) is 0 Å². The molecule has 0 bridgehead atoms. The Bertz CT molecular complexity index is 1410. The minimum absolute atomic E-state index is 0.0697. The molecule has 174 valence electrons. The Balaban J connectivity index is 2.19. The van der Waals surface area contributed by atoms with Gasteiger partial charge in [0.1, 0.15) is 0 Å². The molecule has 0 nitrogen and oxygen atoms in total. The lowest BCUT2D eigenvalue weighted by Crippen LogP contribution is -2.27. The van der Waals surface area contributed by atoms with Crippen molar-refractivity contribution in [3.63, 3.8) is 0 Å². The molecular weight excluding hydrogens is 396 g/mol. The van der Waals surface area contributed by atoms with Gasteiger partial charge in [-0.1, -0.05) is 98.2 Å². The zero-order valence-corrected chi connectivity index (χ0v) is 22.7. The Kier molecular flexibility index (Phi) is 5.47. The first-order valence-electron chi connectivity index (χ1n) is 12.5. The van der Waals surface area contributed by atoms with Crippen LogP contribution in [-0.2, 0) is 10.8 Å². The zero-order chi connectivity index (χ0) is 24.5. The van der Waals surface area contributed by atoms with Crippen molar-refractivity contribution in [1.29, 1.82) is 0 Å². The van der Waals surface area contributed by atoms with E-state index in [0.717, 1.165) is 6.42 Å². The Morgan fingerprint density at radius 1 is 0.727 bits per heavy atom. The molecule has 0 amide bonds. The largest absolute Gasteiger partial charge is 0.0763 e. The molecule has 2 aromatic rings. The summed E-state index contributed by atoms with van der Waals surface area (Å²) in [5.74, 6) is 0. The van der Waals surface area contributed by atoms with Crippen molar-refractivity contribution >= 4 is 17.2 Å². The SMILES string of the molecule is CC(C)=c1c(C(C)(C)C)cc2c(c1C1=CC(C(C)(C)C)=CC1)C=c1ccc(C(C)(C)C)cc1=2. The van der Waals surface area contributed by atoms with E-state index in [1.807, 2.05) is 0 Å². The molecule has 2 aromatic carbocycles. The molecule has 2 aliphatic rings. The van der Waals surface area contributed by atoms with Crippen molar-refractivity contribution < 1.29 is 0 Å². The molecule has 0 radical (unpaired) electrons. The van der Waals surface area contributed by atoms with Gasteiger partial charge in [0.05, 0.1) is 0 Å². The third-order valence-corrected chi connectivity index (χ3v) is 7.24. The maximum Gasteiger partial charge on any atom is -0.00673 e. The van der Waals surface area contributed by atoms with E-state index in [9.17, 15) is 0 Å². The van der Waals surface area contributed by atoms with Crippen molar-refractivity contribution in [3.05, 3.63) is 85.1 Å². The summed E-state index contributed by atoms with van der Waals surface area (Å²) >= 11 is 0. The number of hydrogen-bond acceptors (Lipinski definition) is 0. The second-order valence-corrected chi connectivity index (χ2v) is 13.4. The van der Waals surface area contributed by atoms with Crippen LogP contribution in [0.2, 0.25) is 0 Å². The van der Waals surface area contributed by atoms with Gasteiger partial charge in [0, 0.05) is 0 Å². The number of hydrogen-bond donors (Lipinski definition) is 0. The highest BCUT2D eigenvalue weighted by molar-refractivity contribution is 5.82. The fourth-order valence-electron chi connectivity index (χ4n) is 5.28. The summed E-state index contributed by atoms with van der Waals surface area (Å²) in [5.41, 5.74) is 10.5. The first-order valence-corrected chi connectivity index (χ1v) is 12.5. The van der Waals surface area contributed by atoms with Crippen molar-refractivity contribution in [2.75, 3.05) is 0 Å². The number of benzene rings is 2. The average molecular weight is 439 g/mol. The van der Waals surface area contributed by atoms with Crippen molar-refractivity contribution in [1.82, 2.24) is 0 Å². The minimum atomic E-state index is 0.0697. The van der Waals surface area contributed by atoms with Gasteiger partial charge in [-0.3, -0.25) is 0 Å². The van der Waals surface area contributed by atoms with Gasteiger partial charge in [-0.15, -0.1) is 0 Å². The molecule has 0 fully saturated rings. The van der Waals surface area contributed by atoms with Crippen LogP contribution < -0.4 is 10.4 Å². The molecule has 0 saturated carbocycles. The summed E-state index contributed by atoms with van der Waals surface area (Å²) in [6.45, 7) is 25.5. The fraction of sp³-hybridized carbons (Fsp3) is 0.455.